The standard InChI is InChI=1S/C31H27N5O4/c1-4-40-30(37)24-19(2)32-28-26(25(24)20-11-7-5-8-12-20)29-34-33-27(21-15-17-23(39-3)18-16-21)36(29)31(38)35(28)22-13-9-6-10-14-22/h5-18,25,32H,4H2,1-3H3. The molecule has 1 atom stereocenters. The van der Waals surface area contributed by atoms with Crippen molar-refractivity contribution in [1.29, 1.82) is 0 Å². The number of nitrogens with zero attached hydrogens (tertiary/aromatic N) is 4. The second-order valence-electron chi connectivity index (χ2n) is 9.35. The number of hydrogen-bond donors (Lipinski definition) is 1. The predicted octanol–water partition coefficient (Wildman–Crippen LogP) is 4.95. The number of carbonyl (C=O) groups is 1. The second-order valence-corrected chi connectivity index (χ2v) is 9.35. The van der Waals surface area contributed by atoms with E-state index in [0.717, 1.165) is 5.56 Å². The maximum absolute atomic E-state index is 14.3. The van der Waals surface area contributed by atoms with Crippen molar-refractivity contribution in [2.75, 3.05) is 19.0 Å². The Morgan fingerprint density at radius 3 is 2.27 bits per heavy atom. The van der Waals surface area contributed by atoms with Crippen LogP contribution in [0.4, 0.5) is 5.82 Å². The molecule has 0 saturated heterocycles. The molecule has 200 valence electrons. The molecule has 9 nitrogen and oxygen atoms in total. The molecular formula is C31H27N5O4. The number of aromatic nitrogens is 4. The summed E-state index contributed by atoms with van der Waals surface area (Å²) in [4.78, 5) is 27.7. The molecule has 40 heavy (non-hydrogen) atoms. The molecular weight excluding hydrogens is 506 g/mol. The van der Waals surface area contributed by atoms with E-state index in [9.17, 15) is 9.59 Å². The topological polar surface area (TPSA) is 99.8 Å². The summed E-state index contributed by atoms with van der Waals surface area (Å²) in [6.45, 7) is 3.83. The van der Waals surface area contributed by atoms with E-state index in [2.05, 4.69) is 15.5 Å². The van der Waals surface area contributed by atoms with Gasteiger partial charge in [-0.15, -0.1) is 10.2 Å². The third-order valence-corrected chi connectivity index (χ3v) is 7.04. The molecule has 2 aromatic heterocycles. The van der Waals surface area contributed by atoms with Gasteiger partial charge >= 0.3 is 11.7 Å². The lowest BCUT2D eigenvalue weighted by Gasteiger charge is -2.32. The quantitative estimate of drug-likeness (QED) is 0.308. The van der Waals surface area contributed by atoms with Crippen LogP contribution in [-0.4, -0.2) is 38.9 Å². The van der Waals surface area contributed by atoms with Gasteiger partial charge < -0.3 is 14.8 Å². The van der Waals surface area contributed by atoms with Crippen molar-refractivity contribution in [2.24, 2.45) is 0 Å². The number of benzene rings is 3. The lowest BCUT2D eigenvalue weighted by atomic mass is 9.82. The molecule has 3 heterocycles. The highest BCUT2D eigenvalue weighted by molar-refractivity contribution is 5.95. The van der Waals surface area contributed by atoms with Crippen LogP contribution >= 0.6 is 0 Å². The first kappa shape index (κ1) is 25.1. The summed E-state index contributed by atoms with van der Waals surface area (Å²) in [6.07, 6.45) is 0. The highest BCUT2D eigenvalue weighted by Crippen LogP contribution is 2.44. The number of para-hydroxylation sites is 1. The van der Waals surface area contributed by atoms with E-state index in [1.165, 1.54) is 4.40 Å². The van der Waals surface area contributed by atoms with Gasteiger partial charge in [-0.25, -0.2) is 18.6 Å². The average molecular weight is 534 g/mol. The third-order valence-electron chi connectivity index (χ3n) is 7.04. The Hall–Kier alpha value is -5.18. The van der Waals surface area contributed by atoms with Crippen LogP contribution in [0.1, 0.15) is 30.9 Å². The lowest BCUT2D eigenvalue weighted by Crippen LogP contribution is -2.34. The molecule has 6 rings (SSSR count). The lowest BCUT2D eigenvalue weighted by molar-refractivity contribution is -0.138. The zero-order chi connectivity index (χ0) is 27.8. The van der Waals surface area contributed by atoms with Gasteiger partial charge in [-0.1, -0.05) is 48.5 Å². The fraction of sp³-hybridized carbons (Fsp3) is 0.161. The van der Waals surface area contributed by atoms with Gasteiger partial charge in [-0.2, -0.15) is 0 Å². The summed E-state index contributed by atoms with van der Waals surface area (Å²) in [5.41, 5.74) is 3.93. The minimum absolute atomic E-state index is 0.232. The summed E-state index contributed by atoms with van der Waals surface area (Å²) < 4.78 is 13.9. The number of nitrogens with one attached hydrogen (secondary N) is 1. The van der Waals surface area contributed by atoms with E-state index in [-0.39, 0.29) is 12.3 Å². The zero-order valence-electron chi connectivity index (χ0n) is 22.3. The van der Waals surface area contributed by atoms with Crippen LogP contribution in [0, 0.1) is 0 Å². The first-order valence-corrected chi connectivity index (χ1v) is 13.0. The minimum atomic E-state index is -0.567. The maximum Gasteiger partial charge on any atom is 0.341 e. The number of hydrogen-bond acceptors (Lipinski definition) is 7. The number of esters is 1. The molecule has 1 aliphatic rings. The van der Waals surface area contributed by atoms with Crippen LogP contribution in [0.15, 0.2) is 101 Å². The Kier molecular flexibility index (Phi) is 6.39. The Balaban J connectivity index is 1.73. The van der Waals surface area contributed by atoms with Gasteiger partial charge in [-0.3, -0.25) is 0 Å². The first-order valence-electron chi connectivity index (χ1n) is 13.0. The van der Waals surface area contributed by atoms with Crippen molar-refractivity contribution in [3.8, 4) is 22.8 Å². The average Bonchev–Trinajstić information content (AvgIpc) is 3.43. The van der Waals surface area contributed by atoms with Crippen LogP contribution in [0.5, 0.6) is 5.75 Å². The molecule has 0 radical (unpaired) electrons. The summed E-state index contributed by atoms with van der Waals surface area (Å²) in [5, 5.41) is 12.4. The van der Waals surface area contributed by atoms with Crippen molar-refractivity contribution in [1.82, 2.24) is 19.2 Å². The van der Waals surface area contributed by atoms with Gasteiger partial charge in [0.15, 0.2) is 11.5 Å². The molecule has 5 aromatic rings. The van der Waals surface area contributed by atoms with Gasteiger partial charge in [0.2, 0.25) is 0 Å². The molecule has 0 fully saturated rings. The van der Waals surface area contributed by atoms with Gasteiger partial charge in [-0.05, 0) is 55.8 Å². The fourth-order valence-electron chi connectivity index (χ4n) is 5.26. The van der Waals surface area contributed by atoms with Crippen molar-refractivity contribution in [2.45, 2.75) is 19.8 Å². The second kappa shape index (κ2) is 10.2. The fourth-order valence-corrected chi connectivity index (χ4v) is 5.26. The van der Waals surface area contributed by atoms with E-state index in [4.69, 9.17) is 9.47 Å². The summed E-state index contributed by atoms with van der Waals surface area (Å²) in [7, 11) is 1.60. The molecule has 0 saturated carbocycles. The number of allylic oxidation sites excluding steroid dienone is 1. The van der Waals surface area contributed by atoms with Crippen LogP contribution in [0.2, 0.25) is 0 Å². The van der Waals surface area contributed by atoms with Crippen molar-refractivity contribution in [3.63, 3.8) is 0 Å². The van der Waals surface area contributed by atoms with E-state index in [1.54, 1.807) is 18.6 Å². The molecule has 1 N–H and O–H groups in total. The Labute approximate surface area is 230 Å². The smallest absolute Gasteiger partial charge is 0.341 e. The molecule has 0 amide bonds. The highest BCUT2D eigenvalue weighted by atomic mass is 16.5. The van der Waals surface area contributed by atoms with Gasteiger partial charge in [0.05, 0.1) is 36.5 Å². The van der Waals surface area contributed by atoms with Crippen LogP contribution < -0.4 is 15.7 Å². The Morgan fingerprint density at radius 2 is 1.62 bits per heavy atom. The molecule has 0 bridgehead atoms. The van der Waals surface area contributed by atoms with E-state index in [1.807, 2.05) is 91.9 Å². The summed E-state index contributed by atoms with van der Waals surface area (Å²) >= 11 is 0. The molecule has 1 aliphatic heterocycles. The number of fused-ring (bicyclic) bond motifs is 3. The molecule has 3 aromatic carbocycles. The molecule has 9 heteroatoms. The number of carbonyl (C=O) groups excluding carboxylic acids is 1. The Morgan fingerprint density at radius 1 is 0.950 bits per heavy atom. The number of ether oxygens (including phenoxy) is 2. The van der Waals surface area contributed by atoms with Gasteiger partial charge in [0, 0.05) is 11.3 Å². The van der Waals surface area contributed by atoms with E-state index < -0.39 is 11.9 Å². The number of anilines is 1. The van der Waals surface area contributed by atoms with Crippen molar-refractivity contribution >= 4 is 17.4 Å². The van der Waals surface area contributed by atoms with E-state index in [0.29, 0.717) is 51.1 Å². The van der Waals surface area contributed by atoms with Crippen LogP contribution in [0.3, 0.4) is 0 Å². The maximum atomic E-state index is 14.3. The van der Waals surface area contributed by atoms with Crippen molar-refractivity contribution < 1.29 is 14.3 Å². The first-order chi connectivity index (χ1) is 19.5. The predicted molar refractivity (Wildman–Crippen MR) is 152 cm³/mol. The SMILES string of the molecule is CCOC(=O)C1=C(C)Nc2c(c3nnc(-c4ccc(OC)cc4)n3c(=O)n2-c2ccccc2)C1c1ccccc1. The van der Waals surface area contributed by atoms with Crippen LogP contribution in [0.25, 0.3) is 22.7 Å². The monoisotopic (exact) mass is 533 g/mol. The highest BCUT2D eigenvalue weighted by Gasteiger charge is 2.38. The summed E-state index contributed by atoms with van der Waals surface area (Å²) in [6, 6.07) is 26.3. The molecule has 1 unspecified atom stereocenters. The largest absolute Gasteiger partial charge is 0.497 e. The Bertz CT molecular complexity index is 1810. The molecule has 0 aliphatic carbocycles. The minimum Gasteiger partial charge on any atom is -0.497 e. The van der Waals surface area contributed by atoms with E-state index >= 15 is 0 Å². The third kappa shape index (κ3) is 4.03. The number of methoxy groups -OCH3 is 1. The van der Waals surface area contributed by atoms with Crippen LogP contribution in [-0.2, 0) is 9.53 Å². The summed E-state index contributed by atoms with van der Waals surface area (Å²) in [5.74, 6) is 0.590. The number of rotatable bonds is 6. The molecule has 0 spiro atoms. The van der Waals surface area contributed by atoms with Crippen molar-refractivity contribution in [3.05, 3.63) is 118 Å². The zero-order valence-corrected chi connectivity index (χ0v) is 22.3. The normalized spacial score (nSPS) is 14.5. The van der Waals surface area contributed by atoms with Gasteiger partial charge in [0.1, 0.15) is 11.6 Å². The van der Waals surface area contributed by atoms with Gasteiger partial charge in [0.25, 0.3) is 0 Å².